The summed E-state index contributed by atoms with van der Waals surface area (Å²) >= 11 is 1.57. The number of amides is 1. The molecule has 3 N–H and O–H groups in total. The molecule has 0 atom stereocenters. The smallest absolute Gasteiger partial charge is 0.220 e. The number of nitrogens with zero attached hydrogens (tertiary/aromatic N) is 1. The molecule has 1 aromatic heterocycles. The summed E-state index contributed by atoms with van der Waals surface area (Å²) in [7, 11) is 0. The molecule has 0 spiro atoms. The van der Waals surface area contributed by atoms with E-state index in [-0.39, 0.29) is 30.7 Å². The Balaban J connectivity index is 0.00000200. The number of hydrogen-bond acceptors (Lipinski definition) is 4. The molecule has 116 valence electrons. The van der Waals surface area contributed by atoms with Crippen molar-refractivity contribution in [1.29, 1.82) is 0 Å². The van der Waals surface area contributed by atoms with Crippen LogP contribution in [-0.2, 0) is 17.6 Å². The van der Waals surface area contributed by atoms with Gasteiger partial charge in [0.25, 0.3) is 0 Å². The summed E-state index contributed by atoms with van der Waals surface area (Å²) < 4.78 is 0. The minimum Gasteiger partial charge on any atom is -0.399 e. The van der Waals surface area contributed by atoms with Gasteiger partial charge in [-0.05, 0) is 18.1 Å². The third-order valence-electron chi connectivity index (χ3n) is 2.86. The molecule has 2 aromatic rings. The van der Waals surface area contributed by atoms with Crippen molar-refractivity contribution < 1.29 is 4.79 Å². The van der Waals surface area contributed by atoms with E-state index in [1.54, 1.807) is 16.8 Å². The summed E-state index contributed by atoms with van der Waals surface area (Å²) in [4.78, 5) is 15.9. The number of aryl methyl sites for hydroxylation is 1. The van der Waals surface area contributed by atoms with Gasteiger partial charge in [-0.3, -0.25) is 4.79 Å². The van der Waals surface area contributed by atoms with Crippen LogP contribution in [0.3, 0.4) is 0 Å². The van der Waals surface area contributed by atoms with Crippen LogP contribution in [-0.4, -0.2) is 17.4 Å². The molecular formula is C14H19Cl2N3OS. The molecule has 1 amide bonds. The van der Waals surface area contributed by atoms with Gasteiger partial charge in [0, 0.05) is 30.5 Å². The van der Waals surface area contributed by atoms with Gasteiger partial charge in [0.15, 0.2) is 0 Å². The minimum atomic E-state index is 0. The molecular weight excluding hydrogens is 329 g/mol. The number of nitrogens with two attached hydrogens (primary N) is 1. The largest absolute Gasteiger partial charge is 0.399 e. The third kappa shape index (κ3) is 6.80. The molecule has 1 heterocycles. The van der Waals surface area contributed by atoms with Crippen LogP contribution >= 0.6 is 36.2 Å². The van der Waals surface area contributed by atoms with E-state index in [4.69, 9.17) is 5.73 Å². The summed E-state index contributed by atoms with van der Waals surface area (Å²) in [6.45, 7) is 0.632. The first kappa shape index (κ1) is 19.7. The molecule has 0 aliphatic rings. The molecule has 0 unspecified atom stereocenters. The molecule has 0 saturated carbocycles. The Labute approximate surface area is 141 Å². The quantitative estimate of drug-likeness (QED) is 0.789. The Morgan fingerprint density at radius 2 is 2.00 bits per heavy atom. The predicted octanol–water partition coefficient (Wildman–Crippen LogP) is 2.86. The van der Waals surface area contributed by atoms with E-state index in [9.17, 15) is 4.79 Å². The number of anilines is 1. The van der Waals surface area contributed by atoms with Gasteiger partial charge in [-0.1, -0.05) is 18.2 Å². The first-order valence-corrected chi connectivity index (χ1v) is 7.17. The molecule has 0 radical (unpaired) electrons. The molecule has 0 fully saturated rings. The number of nitrogen functional groups attached to an aromatic ring is 1. The lowest BCUT2D eigenvalue weighted by Crippen LogP contribution is -2.26. The second kappa shape index (κ2) is 10.4. The van der Waals surface area contributed by atoms with Crippen molar-refractivity contribution in [3.63, 3.8) is 0 Å². The Kier molecular flexibility index (Phi) is 9.78. The lowest BCUT2D eigenvalue weighted by Gasteiger charge is -2.06. The zero-order chi connectivity index (χ0) is 13.5. The minimum absolute atomic E-state index is 0. The van der Waals surface area contributed by atoms with Gasteiger partial charge in [-0.25, -0.2) is 4.98 Å². The Morgan fingerprint density at radius 1 is 1.24 bits per heavy atom. The lowest BCUT2D eigenvalue weighted by atomic mass is 10.1. The number of hydrogen-bond donors (Lipinski definition) is 2. The van der Waals surface area contributed by atoms with Crippen LogP contribution in [0.25, 0.3) is 0 Å². The number of aromatic nitrogens is 1. The summed E-state index contributed by atoms with van der Waals surface area (Å²) in [6, 6.07) is 7.64. The van der Waals surface area contributed by atoms with E-state index < -0.39 is 0 Å². The number of nitrogens with one attached hydrogen (secondary N) is 1. The molecule has 21 heavy (non-hydrogen) atoms. The number of carbonyl (C=O) groups is 1. The van der Waals surface area contributed by atoms with Crippen molar-refractivity contribution in [1.82, 2.24) is 10.3 Å². The summed E-state index contributed by atoms with van der Waals surface area (Å²) in [5.74, 6) is 0.0542. The zero-order valence-electron chi connectivity index (χ0n) is 11.5. The Morgan fingerprint density at radius 3 is 2.67 bits per heavy atom. The second-order valence-corrected chi connectivity index (χ2v) is 5.00. The van der Waals surface area contributed by atoms with Crippen molar-refractivity contribution in [3.8, 4) is 0 Å². The molecule has 0 aliphatic heterocycles. The highest BCUT2D eigenvalue weighted by Crippen LogP contribution is 2.12. The maximum atomic E-state index is 11.7. The molecule has 7 heteroatoms. The molecule has 0 saturated heterocycles. The maximum Gasteiger partial charge on any atom is 0.220 e. The van der Waals surface area contributed by atoms with Crippen LogP contribution in [0.2, 0.25) is 0 Å². The molecule has 1 aromatic carbocycles. The van der Waals surface area contributed by atoms with Gasteiger partial charge >= 0.3 is 0 Å². The zero-order valence-corrected chi connectivity index (χ0v) is 13.9. The molecule has 0 aliphatic carbocycles. The number of rotatable bonds is 6. The van der Waals surface area contributed by atoms with Gasteiger partial charge in [-0.15, -0.1) is 36.2 Å². The van der Waals surface area contributed by atoms with E-state index in [1.807, 2.05) is 29.6 Å². The highest BCUT2D eigenvalue weighted by atomic mass is 35.5. The standard InChI is InChI=1S/C14H17N3OS.2ClH/c15-13-4-2-1-3-11(13)5-6-14(18)16-8-7-12-9-19-10-17-12;;/h1-4,9-10H,5-8,15H2,(H,16,18);2*1H. The monoisotopic (exact) mass is 347 g/mol. The lowest BCUT2D eigenvalue weighted by molar-refractivity contribution is -0.121. The third-order valence-corrected chi connectivity index (χ3v) is 3.50. The van der Waals surface area contributed by atoms with Crippen molar-refractivity contribution in [2.24, 2.45) is 0 Å². The SMILES string of the molecule is Cl.Cl.Nc1ccccc1CCC(=O)NCCc1cscn1. The number of benzene rings is 1. The fourth-order valence-electron chi connectivity index (χ4n) is 1.79. The van der Waals surface area contributed by atoms with Gasteiger partial charge in [0.2, 0.25) is 5.91 Å². The second-order valence-electron chi connectivity index (χ2n) is 4.28. The summed E-state index contributed by atoms with van der Waals surface area (Å²) in [6.07, 6.45) is 1.92. The van der Waals surface area contributed by atoms with Crippen molar-refractivity contribution in [2.45, 2.75) is 19.3 Å². The van der Waals surface area contributed by atoms with E-state index in [0.29, 0.717) is 19.4 Å². The molecule has 2 rings (SSSR count). The van der Waals surface area contributed by atoms with Crippen LogP contribution in [0, 0.1) is 0 Å². The van der Waals surface area contributed by atoms with Gasteiger partial charge in [-0.2, -0.15) is 0 Å². The van der Waals surface area contributed by atoms with Crippen molar-refractivity contribution in [3.05, 3.63) is 46.4 Å². The fraction of sp³-hybridized carbons (Fsp3) is 0.286. The first-order chi connectivity index (χ1) is 9.25. The van der Waals surface area contributed by atoms with Gasteiger partial charge < -0.3 is 11.1 Å². The van der Waals surface area contributed by atoms with Crippen molar-refractivity contribution in [2.75, 3.05) is 12.3 Å². The van der Waals surface area contributed by atoms with Crippen LogP contribution in [0.5, 0.6) is 0 Å². The Bertz CT molecular complexity index is 535. The number of para-hydroxylation sites is 1. The summed E-state index contributed by atoms with van der Waals surface area (Å²) in [5, 5.41) is 4.89. The first-order valence-electron chi connectivity index (χ1n) is 6.23. The fourth-order valence-corrected chi connectivity index (χ4v) is 2.38. The van der Waals surface area contributed by atoms with Crippen LogP contribution in [0.4, 0.5) is 5.69 Å². The Hall–Kier alpha value is -1.30. The van der Waals surface area contributed by atoms with Gasteiger partial charge in [0.1, 0.15) is 0 Å². The van der Waals surface area contributed by atoms with Crippen molar-refractivity contribution >= 4 is 47.7 Å². The maximum absolute atomic E-state index is 11.7. The van der Waals surface area contributed by atoms with Crippen LogP contribution < -0.4 is 11.1 Å². The van der Waals surface area contributed by atoms with E-state index >= 15 is 0 Å². The average molecular weight is 348 g/mol. The van der Waals surface area contributed by atoms with E-state index in [2.05, 4.69) is 10.3 Å². The van der Waals surface area contributed by atoms with Crippen LogP contribution in [0.1, 0.15) is 17.7 Å². The molecule has 4 nitrogen and oxygen atoms in total. The number of halogens is 2. The molecule has 0 bridgehead atoms. The predicted molar refractivity (Wildman–Crippen MR) is 92.5 cm³/mol. The van der Waals surface area contributed by atoms with E-state index in [0.717, 1.165) is 23.4 Å². The van der Waals surface area contributed by atoms with E-state index in [1.165, 1.54) is 0 Å². The number of carbonyl (C=O) groups excluding carboxylic acids is 1. The van der Waals surface area contributed by atoms with Gasteiger partial charge in [0.05, 0.1) is 11.2 Å². The normalized spacial score (nSPS) is 9.33. The van der Waals surface area contributed by atoms with Crippen LogP contribution in [0.15, 0.2) is 35.2 Å². The highest BCUT2D eigenvalue weighted by molar-refractivity contribution is 7.07. The average Bonchev–Trinajstić information content (AvgIpc) is 2.91. The highest BCUT2D eigenvalue weighted by Gasteiger charge is 2.04. The summed E-state index contributed by atoms with van der Waals surface area (Å²) in [5.41, 5.74) is 10.4. The number of thiazole rings is 1. The topological polar surface area (TPSA) is 68.0 Å².